The second-order valence-corrected chi connectivity index (χ2v) is 8.48. The minimum atomic E-state index is -3.68. The smallest absolute Gasteiger partial charge is 0.262 e. The summed E-state index contributed by atoms with van der Waals surface area (Å²) in [5.74, 6) is 0.505. The Morgan fingerprint density at radius 3 is 2.33 bits per heavy atom. The van der Waals surface area contributed by atoms with E-state index < -0.39 is 10.0 Å². The van der Waals surface area contributed by atoms with Gasteiger partial charge >= 0.3 is 0 Å². The first-order valence-corrected chi connectivity index (χ1v) is 9.14. The molecule has 0 bridgehead atoms. The summed E-state index contributed by atoms with van der Waals surface area (Å²) in [6.07, 6.45) is 0. The summed E-state index contributed by atoms with van der Waals surface area (Å²) in [5.41, 5.74) is 2.78. The highest BCUT2D eigenvalue weighted by Crippen LogP contribution is 2.25. The summed E-state index contributed by atoms with van der Waals surface area (Å²) in [5, 5.41) is 0. The van der Waals surface area contributed by atoms with E-state index in [-0.39, 0.29) is 10.3 Å². The number of anilines is 1. The molecule has 1 aromatic heterocycles. The molecule has 0 atom stereocenters. The van der Waals surface area contributed by atoms with Crippen molar-refractivity contribution in [1.29, 1.82) is 0 Å². The third-order valence-electron chi connectivity index (χ3n) is 3.78. The largest absolute Gasteiger partial charge is 0.441 e. The van der Waals surface area contributed by atoms with Crippen molar-refractivity contribution in [3.8, 4) is 0 Å². The molecule has 5 nitrogen and oxygen atoms in total. The molecule has 6 heteroatoms. The third kappa shape index (κ3) is 3.28. The van der Waals surface area contributed by atoms with Gasteiger partial charge in [0.25, 0.3) is 10.0 Å². The molecule has 3 aromatic rings. The number of sulfonamides is 1. The molecule has 1 heterocycles. The van der Waals surface area contributed by atoms with Crippen LogP contribution in [0, 0.1) is 6.92 Å². The molecule has 3 rings (SSSR count). The number of nitrogens with zero attached hydrogens (tertiary/aromatic N) is 1. The van der Waals surface area contributed by atoms with Crippen molar-refractivity contribution in [3.05, 3.63) is 53.9 Å². The quantitative estimate of drug-likeness (QED) is 0.771. The monoisotopic (exact) mass is 344 g/mol. The van der Waals surface area contributed by atoms with Crippen molar-refractivity contribution in [2.75, 3.05) is 4.72 Å². The number of fused-ring (bicyclic) bond motifs is 1. The van der Waals surface area contributed by atoms with Crippen LogP contribution in [-0.4, -0.2) is 13.4 Å². The molecule has 0 aliphatic heterocycles. The van der Waals surface area contributed by atoms with E-state index in [0.717, 1.165) is 5.56 Å². The SMILES string of the molecule is Cc1nc2ccc(S(=O)(=O)Nc3ccc(C(C)(C)C)cc3)cc2o1. The summed E-state index contributed by atoms with van der Waals surface area (Å²) >= 11 is 0. The first-order chi connectivity index (χ1) is 11.1. The highest BCUT2D eigenvalue weighted by atomic mass is 32.2. The van der Waals surface area contributed by atoms with E-state index >= 15 is 0 Å². The van der Waals surface area contributed by atoms with Gasteiger partial charge in [0.1, 0.15) is 5.52 Å². The second-order valence-electron chi connectivity index (χ2n) is 6.80. The van der Waals surface area contributed by atoms with E-state index in [1.165, 1.54) is 12.1 Å². The van der Waals surface area contributed by atoms with Crippen LogP contribution in [0.25, 0.3) is 11.1 Å². The lowest BCUT2D eigenvalue weighted by atomic mass is 9.87. The van der Waals surface area contributed by atoms with Crippen molar-refractivity contribution >= 4 is 26.8 Å². The molecule has 0 fully saturated rings. The average molecular weight is 344 g/mol. The minimum absolute atomic E-state index is 0.0204. The van der Waals surface area contributed by atoms with Crippen LogP contribution in [0.3, 0.4) is 0 Å². The van der Waals surface area contributed by atoms with Crippen molar-refractivity contribution in [3.63, 3.8) is 0 Å². The Balaban J connectivity index is 1.89. The summed E-state index contributed by atoms with van der Waals surface area (Å²) in [4.78, 5) is 4.32. The molecule has 126 valence electrons. The van der Waals surface area contributed by atoms with Crippen LogP contribution in [-0.2, 0) is 15.4 Å². The van der Waals surface area contributed by atoms with Crippen molar-refractivity contribution in [1.82, 2.24) is 4.98 Å². The van der Waals surface area contributed by atoms with E-state index in [2.05, 4.69) is 30.5 Å². The first kappa shape index (κ1) is 16.5. The fourth-order valence-corrected chi connectivity index (χ4v) is 3.51. The molecule has 24 heavy (non-hydrogen) atoms. The van der Waals surface area contributed by atoms with Crippen LogP contribution >= 0.6 is 0 Å². The van der Waals surface area contributed by atoms with E-state index in [4.69, 9.17) is 4.42 Å². The molecule has 0 amide bonds. The van der Waals surface area contributed by atoms with E-state index in [0.29, 0.717) is 22.7 Å². The number of oxazole rings is 1. The Morgan fingerprint density at radius 1 is 1.04 bits per heavy atom. The topological polar surface area (TPSA) is 72.2 Å². The van der Waals surface area contributed by atoms with Crippen LogP contribution < -0.4 is 4.72 Å². The van der Waals surface area contributed by atoms with Gasteiger partial charge in [-0.15, -0.1) is 0 Å². The maximum atomic E-state index is 12.6. The number of hydrogen-bond donors (Lipinski definition) is 1. The maximum absolute atomic E-state index is 12.6. The average Bonchev–Trinajstić information content (AvgIpc) is 2.85. The minimum Gasteiger partial charge on any atom is -0.441 e. The number of benzene rings is 2. The van der Waals surface area contributed by atoms with Gasteiger partial charge in [0, 0.05) is 18.7 Å². The number of aromatic nitrogens is 1. The van der Waals surface area contributed by atoms with Gasteiger partial charge in [0.15, 0.2) is 11.5 Å². The second kappa shape index (κ2) is 5.63. The zero-order valence-electron chi connectivity index (χ0n) is 14.1. The van der Waals surface area contributed by atoms with Crippen LogP contribution in [0.5, 0.6) is 0 Å². The van der Waals surface area contributed by atoms with E-state index in [9.17, 15) is 8.42 Å². The molecule has 0 spiro atoms. The summed E-state index contributed by atoms with van der Waals surface area (Å²) < 4.78 is 33.1. The molecule has 2 aromatic carbocycles. The van der Waals surface area contributed by atoms with Crippen LogP contribution in [0.15, 0.2) is 51.8 Å². The Morgan fingerprint density at radius 2 is 1.71 bits per heavy atom. The van der Waals surface area contributed by atoms with Crippen LogP contribution in [0.1, 0.15) is 32.2 Å². The van der Waals surface area contributed by atoms with Crippen LogP contribution in [0.4, 0.5) is 5.69 Å². The highest BCUT2D eigenvalue weighted by Gasteiger charge is 2.17. The number of nitrogens with one attached hydrogen (secondary N) is 1. The summed E-state index contributed by atoms with van der Waals surface area (Å²) in [6.45, 7) is 8.06. The fourth-order valence-electron chi connectivity index (χ4n) is 2.44. The summed E-state index contributed by atoms with van der Waals surface area (Å²) in [6, 6.07) is 12.1. The van der Waals surface area contributed by atoms with Gasteiger partial charge < -0.3 is 4.42 Å². The Labute approximate surface area is 141 Å². The molecular formula is C18H20N2O3S. The number of hydrogen-bond acceptors (Lipinski definition) is 4. The Hall–Kier alpha value is -2.34. The third-order valence-corrected chi connectivity index (χ3v) is 5.16. The predicted octanol–water partition coefficient (Wildman–Crippen LogP) is 4.23. The Bertz CT molecular complexity index is 981. The standard InChI is InChI=1S/C18H20N2O3S/c1-12-19-16-10-9-15(11-17(16)23-12)24(21,22)20-14-7-5-13(6-8-14)18(2,3)4/h5-11,20H,1-4H3. The zero-order chi connectivity index (χ0) is 17.5. The van der Waals surface area contributed by atoms with Gasteiger partial charge in [-0.1, -0.05) is 32.9 Å². The molecule has 0 aliphatic carbocycles. The van der Waals surface area contributed by atoms with Gasteiger partial charge in [-0.3, -0.25) is 4.72 Å². The lowest BCUT2D eigenvalue weighted by molar-refractivity contribution is 0.559. The highest BCUT2D eigenvalue weighted by molar-refractivity contribution is 7.92. The molecule has 1 N–H and O–H groups in total. The first-order valence-electron chi connectivity index (χ1n) is 7.66. The molecule has 0 aliphatic rings. The Kier molecular flexibility index (Phi) is 3.87. The normalized spacial score (nSPS) is 12.5. The van der Waals surface area contributed by atoms with Gasteiger partial charge in [0.2, 0.25) is 0 Å². The van der Waals surface area contributed by atoms with Gasteiger partial charge in [-0.25, -0.2) is 13.4 Å². The van der Waals surface area contributed by atoms with Crippen molar-refractivity contribution in [2.45, 2.75) is 38.0 Å². The fraction of sp³-hybridized carbons (Fsp3) is 0.278. The van der Waals surface area contributed by atoms with Gasteiger partial charge in [-0.2, -0.15) is 0 Å². The molecule has 0 radical (unpaired) electrons. The van der Waals surface area contributed by atoms with Gasteiger partial charge in [0.05, 0.1) is 4.90 Å². The lowest BCUT2D eigenvalue weighted by Gasteiger charge is -2.19. The van der Waals surface area contributed by atoms with Crippen LogP contribution in [0.2, 0.25) is 0 Å². The van der Waals surface area contributed by atoms with Gasteiger partial charge in [-0.05, 0) is 35.2 Å². The van der Waals surface area contributed by atoms with Crippen molar-refractivity contribution < 1.29 is 12.8 Å². The summed E-state index contributed by atoms with van der Waals surface area (Å²) in [7, 11) is -3.68. The molecule has 0 saturated carbocycles. The number of rotatable bonds is 3. The molecular weight excluding hydrogens is 324 g/mol. The lowest BCUT2D eigenvalue weighted by Crippen LogP contribution is -2.14. The number of aryl methyl sites for hydroxylation is 1. The zero-order valence-corrected chi connectivity index (χ0v) is 14.9. The van der Waals surface area contributed by atoms with Crippen molar-refractivity contribution in [2.24, 2.45) is 0 Å². The molecule has 0 saturated heterocycles. The molecule has 0 unspecified atom stereocenters. The predicted molar refractivity (Wildman–Crippen MR) is 94.7 cm³/mol. The van der Waals surface area contributed by atoms with E-state index in [1.54, 1.807) is 25.1 Å². The van der Waals surface area contributed by atoms with E-state index in [1.807, 2.05) is 12.1 Å². The maximum Gasteiger partial charge on any atom is 0.262 e.